The van der Waals surface area contributed by atoms with Crippen LogP contribution in [0.3, 0.4) is 0 Å². The Bertz CT molecular complexity index is 1130. The third-order valence-corrected chi connectivity index (χ3v) is 5.29. The first kappa shape index (κ1) is 20.5. The molecular formula is C20H20N2O6S. The zero-order valence-corrected chi connectivity index (χ0v) is 17.0. The molecule has 0 unspecified atom stereocenters. The lowest BCUT2D eigenvalue weighted by Crippen LogP contribution is -2.40. The highest BCUT2D eigenvalue weighted by Gasteiger charge is 2.17. The van der Waals surface area contributed by atoms with Gasteiger partial charge in [0.05, 0.1) is 10.9 Å². The molecule has 2 aromatic heterocycles. The van der Waals surface area contributed by atoms with E-state index in [2.05, 4.69) is 10.3 Å². The van der Waals surface area contributed by atoms with Gasteiger partial charge in [0.1, 0.15) is 28.6 Å². The van der Waals surface area contributed by atoms with Gasteiger partial charge in [-0.25, -0.2) is 4.98 Å². The standard InChI is InChI=1S/C20H20N2O6S/c1-4-12-5-13-16(6-15(12)28-8-17(23)22-11(3)20(25)26)27-7-14(18(13)24)19-21-10(2)9-29-19/h5-7,9,11H,4,8H2,1-3H3,(H,22,23)(H,25,26)/t11-/m0/s1. The molecule has 0 bridgehead atoms. The van der Waals surface area contributed by atoms with Crippen molar-refractivity contribution in [3.05, 3.63) is 45.3 Å². The molecule has 2 heterocycles. The Kier molecular flexibility index (Phi) is 5.97. The average molecular weight is 416 g/mol. The Morgan fingerprint density at radius 2 is 2.14 bits per heavy atom. The number of nitrogens with one attached hydrogen (secondary N) is 1. The van der Waals surface area contributed by atoms with Gasteiger partial charge >= 0.3 is 5.97 Å². The van der Waals surface area contributed by atoms with Crippen molar-refractivity contribution in [1.82, 2.24) is 10.3 Å². The Hall–Kier alpha value is -3.20. The van der Waals surface area contributed by atoms with Crippen LogP contribution in [0.2, 0.25) is 0 Å². The van der Waals surface area contributed by atoms with Gasteiger partial charge in [-0.05, 0) is 31.9 Å². The molecule has 152 valence electrons. The smallest absolute Gasteiger partial charge is 0.325 e. The third-order valence-electron chi connectivity index (χ3n) is 4.29. The molecule has 0 aliphatic carbocycles. The second-order valence-corrected chi connectivity index (χ2v) is 7.36. The number of rotatable bonds is 7. The Labute approximate surface area is 170 Å². The molecule has 9 heteroatoms. The molecule has 1 amide bonds. The molecule has 1 atom stereocenters. The number of nitrogens with zero attached hydrogens (tertiary/aromatic N) is 1. The number of hydrogen-bond donors (Lipinski definition) is 2. The summed E-state index contributed by atoms with van der Waals surface area (Å²) >= 11 is 1.37. The second-order valence-electron chi connectivity index (χ2n) is 6.50. The van der Waals surface area contributed by atoms with Crippen molar-refractivity contribution < 1.29 is 23.8 Å². The first-order chi connectivity index (χ1) is 13.8. The lowest BCUT2D eigenvalue weighted by molar-refractivity contribution is -0.141. The summed E-state index contributed by atoms with van der Waals surface area (Å²) in [5.41, 5.74) is 2.11. The quantitative estimate of drug-likeness (QED) is 0.608. The normalized spacial score (nSPS) is 12.0. The molecule has 8 nitrogen and oxygen atoms in total. The molecule has 0 saturated carbocycles. The largest absolute Gasteiger partial charge is 0.483 e. The van der Waals surface area contributed by atoms with Gasteiger partial charge in [-0.1, -0.05) is 6.92 Å². The highest BCUT2D eigenvalue weighted by atomic mass is 32.1. The van der Waals surface area contributed by atoms with Gasteiger partial charge in [0.2, 0.25) is 5.43 Å². The van der Waals surface area contributed by atoms with Crippen molar-refractivity contribution in [2.75, 3.05) is 6.61 Å². The van der Waals surface area contributed by atoms with Gasteiger partial charge in [0, 0.05) is 17.1 Å². The molecule has 0 radical (unpaired) electrons. The third kappa shape index (κ3) is 4.45. The number of thiazole rings is 1. The van der Waals surface area contributed by atoms with Crippen molar-refractivity contribution in [3.63, 3.8) is 0 Å². The summed E-state index contributed by atoms with van der Waals surface area (Å²) in [5, 5.41) is 14.0. The van der Waals surface area contributed by atoms with E-state index in [1.54, 1.807) is 12.1 Å². The lowest BCUT2D eigenvalue weighted by atomic mass is 10.1. The minimum absolute atomic E-state index is 0.185. The van der Waals surface area contributed by atoms with Gasteiger partial charge in [-0.2, -0.15) is 0 Å². The lowest BCUT2D eigenvalue weighted by Gasteiger charge is -2.13. The first-order valence-corrected chi connectivity index (χ1v) is 9.84. The Morgan fingerprint density at radius 1 is 1.38 bits per heavy atom. The number of aliphatic carboxylic acids is 1. The monoisotopic (exact) mass is 416 g/mol. The molecular weight excluding hydrogens is 396 g/mol. The van der Waals surface area contributed by atoms with E-state index in [1.165, 1.54) is 24.5 Å². The number of carboxylic acid groups (broad SMARTS) is 1. The van der Waals surface area contributed by atoms with Crippen molar-refractivity contribution in [2.45, 2.75) is 33.2 Å². The number of amides is 1. The highest BCUT2D eigenvalue weighted by molar-refractivity contribution is 7.13. The summed E-state index contributed by atoms with van der Waals surface area (Å²) < 4.78 is 11.2. The number of fused-ring (bicyclic) bond motifs is 1. The molecule has 0 fully saturated rings. The summed E-state index contributed by atoms with van der Waals surface area (Å²) in [6.45, 7) is 4.77. The fraction of sp³-hybridized carbons (Fsp3) is 0.300. The van der Waals surface area contributed by atoms with E-state index in [0.717, 1.165) is 11.3 Å². The molecule has 2 N–H and O–H groups in total. The van der Waals surface area contributed by atoms with Crippen LogP contribution in [0, 0.1) is 6.92 Å². The summed E-state index contributed by atoms with van der Waals surface area (Å²) in [7, 11) is 0. The van der Waals surface area contributed by atoms with Crippen LogP contribution in [-0.2, 0) is 16.0 Å². The van der Waals surface area contributed by atoms with E-state index in [4.69, 9.17) is 14.3 Å². The van der Waals surface area contributed by atoms with Gasteiger partial charge in [0.25, 0.3) is 5.91 Å². The van der Waals surface area contributed by atoms with Crippen LogP contribution in [0.25, 0.3) is 21.5 Å². The number of ether oxygens (including phenoxy) is 1. The fourth-order valence-corrected chi connectivity index (χ4v) is 3.53. The molecule has 0 spiro atoms. The number of carboxylic acids is 1. The molecule has 1 aromatic carbocycles. The molecule has 29 heavy (non-hydrogen) atoms. The summed E-state index contributed by atoms with van der Waals surface area (Å²) in [6, 6.07) is 2.25. The van der Waals surface area contributed by atoms with Crippen molar-refractivity contribution >= 4 is 34.2 Å². The molecule has 3 rings (SSSR count). The highest BCUT2D eigenvalue weighted by Crippen LogP contribution is 2.28. The van der Waals surface area contributed by atoms with Crippen LogP contribution in [0.4, 0.5) is 0 Å². The Morgan fingerprint density at radius 3 is 2.76 bits per heavy atom. The topological polar surface area (TPSA) is 119 Å². The van der Waals surface area contributed by atoms with E-state index >= 15 is 0 Å². The van der Waals surface area contributed by atoms with Crippen molar-refractivity contribution in [2.24, 2.45) is 0 Å². The predicted molar refractivity (Wildman–Crippen MR) is 108 cm³/mol. The second kappa shape index (κ2) is 8.44. The van der Waals surface area contributed by atoms with Gasteiger partial charge in [-0.15, -0.1) is 11.3 Å². The van der Waals surface area contributed by atoms with Gasteiger partial charge in [0.15, 0.2) is 6.61 Å². The van der Waals surface area contributed by atoms with Crippen LogP contribution in [-0.4, -0.2) is 34.6 Å². The van der Waals surface area contributed by atoms with E-state index in [0.29, 0.717) is 33.7 Å². The molecule has 0 aliphatic rings. The predicted octanol–water partition coefficient (Wildman–Crippen LogP) is 2.76. The van der Waals surface area contributed by atoms with E-state index in [1.807, 2.05) is 19.2 Å². The average Bonchev–Trinajstić information content (AvgIpc) is 3.12. The number of benzene rings is 1. The maximum Gasteiger partial charge on any atom is 0.325 e. The minimum atomic E-state index is -1.13. The van der Waals surface area contributed by atoms with E-state index in [9.17, 15) is 14.4 Å². The number of carbonyl (C=O) groups excluding carboxylic acids is 1. The zero-order valence-electron chi connectivity index (χ0n) is 16.1. The molecule has 3 aromatic rings. The van der Waals surface area contributed by atoms with E-state index in [-0.39, 0.29) is 12.0 Å². The Balaban J connectivity index is 1.89. The zero-order chi connectivity index (χ0) is 21.1. The van der Waals surface area contributed by atoms with Crippen LogP contribution < -0.4 is 15.5 Å². The maximum absolute atomic E-state index is 12.9. The van der Waals surface area contributed by atoms with Crippen LogP contribution in [0.15, 0.2) is 33.0 Å². The fourth-order valence-electron chi connectivity index (χ4n) is 2.73. The van der Waals surface area contributed by atoms with Gasteiger partial charge in [-0.3, -0.25) is 14.4 Å². The van der Waals surface area contributed by atoms with Crippen molar-refractivity contribution in [3.8, 4) is 16.3 Å². The van der Waals surface area contributed by atoms with Crippen LogP contribution >= 0.6 is 11.3 Å². The minimum Gasteiger partial charge on any atom is -0.483 e. The van der Waals surface area contributed by atoms with Gasteiger partial charge < -0.3 is 19.6 Å². The number of aryl methyl sites for hydroxylation is 2. The summed E-state index contributed by atoms with van der Waals surface area (Å²) in [4.78, 5) is 39.9. The van der Waals surface area contributed by atoms with Crippen molar-refractivity contribution in [1.29, 1.82) is 0 Å². The number of hydrogen-bond acceptors (Lipinski definition) is 7. The van der Waals surface area contributed by atoms with E-state index < -0.39 is 17.9 Å². The maximum atomic E-state index is 12.9. The molecule has 0 aliphatic heterocycles. The van der Waals surface area contributed by atoms with Crippen LogP contribution in [0.1, 0.15) is 25.1 Å². The number of aromatic nitrogens is 1. The first-order valence-electron chi connectivity index (χ1n) is 8.96. The number of carbonyl (C=O) groups is 2. The summed E-state index contributed by atoms with van der Waals surface area (Å²) in [5.74, 6) is -1.29. The molecule has 0 saturated heterocycles. The SMILES string of the molecule is CCc1cc2c(=O)c(-c3nc(C)cs3)coc2cc1OCC(=O)N[C@@H](C)C(=O)O. The summed E-state index contributed by atoms with van der Waals surface area (Å²) in [6.07, 6.45) is 1.94. The van der Waals surface area contributed by atoms with Crippen LogP contribution in [0.5, 0.6) is 5.75 Å².